The van der Waals surface area contributed by atoms with Crippen LogP contribution in [0, 0.1) is 11.7 Å². The average molecular weight is 413 g/mol. The van der Waals surface area contributed by atoms with Crippen LogP contribution in [0.2, 0.25) is 5.02 Å². The summed E-state index contributed by atoms with van der Waals surface area (Å²) in [6.45, 7) is 5.79. The molecule has 2 rings (SSSR count). The van der Waals surface area contributed by atoms with Crippen LogP contribution < -0.4 is 9.62 Å². The van der Waals surface area contributed by atoms with E-state index in [4.69, 9.17) is 11.6 Å². The minimum absolute atomic E-state index is 0.0812. The summed E-state index contributed by atoms with van der Waals surface area (Å²) in [6, 6.07) is 8.94. The first-order chi connectivity index (χ1) is 12.5. The van der Waals surface area contributed by atoms with E-state index >= 15 is 0 Å². The molecule has 1 N–H and O–H groups in total. The summed E-state index contributed by atoms with van der Waals surface area (Å²) in [6.07, 6.45) is 0. The molecule has 1 amide bonds. The number of hydrogen-bond acceptors (Lipinski definition) is 3. The highest BCUT2D eigenvalue weighted by Gasteiger charge is 2.24. The number of nitrogens with zero attached hydrogens (tertiary/aromatic N) is 1. The lowest BCUT2D eigenvalue weighted by atomic mass is 10.1. The van der Waals surface area contributed by atoms with Gasteiger partial charge in [-0.25, -0.2) is 12.8 Å². The lowest BCUT2D eigenvalue weighted by Gasteiger charge is -2.21. The van der Waals surface area contributed by atoms with Gasteiger partial charge >= 0.3 is 0 Å². The Balaban J connectivity index is 2.38. The molecule has 0 fully saturated rings. The zero-order valence-corrected chi connectivity index (χ0v) is 17.1. The maximum atomic E-state index is 13.1. The maximum absolute atomic E-state index is 13.1. The van der Waals surface area contributed by atoms with Gasteiger partial charge in [0.1, 0.15) is 5.82 Å². The standard InChI is InChI=1S/C19H22ClFN2O3S/c1-12(2)13(3)22-19(24)17-11-16(9-10-18(17)20)27(25,26)23(4)15-7-5-14(21)6-8-15/h5-13H,1-4H3,(H,22,24). The minimum Gasteiger partial charge on any atom is -0.349 e. The van der Waals surface area contributed by atoms with Crippen molar-refractivity contribution in [3.63, 3.8) is 0 Å². The van der Waals surface area contributed by atoms with Crippen molar-refractivity contribution in [3.8, 4) is 0 Å². The Morgan fingerprint density at radius 2 is 1.70 bits per heavy atom. The summed E-state index contributed by atoms with van der Waals surface area (Å²) in [7, 11) is -2.59. The highest BCUT2D eigenvalue weighted by molar-refractivity contribution is 7.92. The molecule has 146 valence electrons. The Morgan fingerprint density at radius 1 is 1.11 bits per heavy atom. The Labute approximate surface area is 164 Å². The zero-order chi connectivity index (χ0) is 20.4. The van der Waals surface area contributed by atoms with Gasteiger partial charge in [-0.1, -0.05) is 25.4 Å². The van der Waals surface area contributed by atoms with E-state index in [0.717, 1.165) is 4.31 Å². The molecule has 0 saturated carbocycles. The molecule has 2 aromatic carbocycles. The fourth-order valence-electron chi connectivity index (χ4n) is 2.24. The molecule has 2 aromatic rings. The molecular formula is C19H22ClFN2O3S. The van der Waals surface area contributed by atoms with Gasteiger partial charge in [0.25, 0.3) is 15.9 Å². The van der Waals surface area contributed by atoms with Crippen molar-refractivity contribution in [2.24, 2.45) is 5.92 Å². The van der Waals surface area contributed by atoms with E-state index in [-0.39, 0.29) is 27.4 Å². The summed E-state index contributed by atoms with van der Waals surface area (Å²) in [4.78, 5) is 12.4. The van der Waals surface area contributed by atoms with E-state index in [9.17, 15) is 17.6 Å². The van der Waals surface area contributed by atoms with Crippen LogP contribution in [0.4, 0.5) is 10.1 Å². The fourth-order valence-corrected chi connectivity index (χ4v) is 3.66. The van der Waals surface area contributed by atoms with Gasteiger partial charge in [0.15, 0.2) is 0 Å². The van der Waals surface area contributed by atoms with Crippen molar-refractivity contribution in [1.29, 1.82) is 0 Å². The van der Waals surface area contributed by atoms with Gasteiger partial charge in [0.05, 0.1) is 21.2 Å². The first-order valence-electron chi connectivity index (χ1n) is 8.39. The van der Waals surface area contributed by atoms with Crippen LogP contribution in [0.25, 0.3) is 0 Å². The summed E-state index contributed by atoms with van der Waals surface area (Å²) >= 11 is 6.11. The predicted octanol–water partition coefficient (Wildman–Crippen LogP) is 4.08. The molecule has 0 aromatic heterocycles. The van der Waals surface area contributed by atoms with Crippen LogP contribution in [0.5, 0.6) is 0 Å². The molecule has 0 aliphatic carbocycles. The molecule has 5 nitrogen and oxygen atoms in total. The van der Waals surface area contributed by atoms with Crippen molar-refractivity contribution in [2.75, 3.05) is 11.4 Å². The molecule has 0 spiro atoms. The highest BCUT2D eigenvalue weighted by atomic mass is 35.5. The molecule has 27 heavy (non-hydrogen) atoms. The van der Waals surface area contributed by atoms with E-state index in [1.54, 1.807) is 0 Å². The highest BCUT2D eigenvalue weighted by Crippen LogP contribution is 2.26. The summed E-state index contributed by atoms with van der Waals surface area (Å²) in [5, 5.41) is 2.97. The Morgan fingerprint density at radius 3 is 2.26 bits per heavy atom. The fraction of sp³-hybridized carbons (Fsp3) is 0.316. The quantitative estimate of drug-likeness (QED) is 0.777. The van der Waals surface area contributed by atoms with Crippen LogP contribution in [-0.2, 0) is 10.0 Å². The van der Waals surface area contributed by atoms with Crippen LogP contribution >= 0.6 is 11.6 Å². The number of carbonyl (C=O) groups excluding carboxylic acids is 1. The largest absolute Gasteiger partial charge is 0.349 e. The van der Waals surface area contributed by atoms with Crippen molar-refractivity contribution in [1.82, 2.24) is 5.32 Å². The lowest BCUT2D eigenvalue weighted by molar-refractivity contribution is 0.0930. The number of halogens is 2. The van der Waals surface area contributed by atoms with E-state index in [2.05, 4.69) is 5.32 Å². The lowest BCUT2D eigenvalue weighted by Crippen LogP contribution is -2.36. The summed E-state index contributed by atoms with van der Waals surface area (Å²) in [5.74, 6) is -0.693. The molecule has 0 radical (unpaired) electrons. The average Bonchev–Trinajstić information content (AvgIpc) is 2.61. The van der Waals surface area contributed by atoms with Gasteiger partial charge in [-0.3, -0.25) is 9.10 Å². The van der Waals surface area contributed by atoms with Gasteiger partial charge in [-0.05, 0) is 55.3 Å². The summed E-state index contributed by atoms with van der Waals surface area (Å²) in [5.41, 5.74) is 0.378. The van der Waals surface area contributed by atoms with Crippen LogP contribution in [0.3, 0.4) is 0 Å². The second-order valence-electron chi connectivity index (χ2n) is 6.60. The first kappa shape index (κ1) is 21.2. The molecular weight excluding hydrogens is 391 g/mol. The van der Waals surface area contributed by atoms with Gasteiger partial charge in [0.2, 0.25) is 0 Å². The van der Waals surface area contributed by atoms with Crippen LogP contribution in [0.1, 0.15) is 31.1 Å². The smallest absolute Gasteiger partial charge is 0.264 e. The number of hydrogen-bond donors (Lipinski definition) is 1. The van der Waals surface area contributed by atoms with Crippen molar-refractivity contribution >= 4 is 33.2 Å². The van der Waals surface area contributed by atoms with Crippen LogP contribution in [-0.4, -0.2) is 27.4 Å². The van der Waals surface area contributed by atoms with E-state index in [1.165, 1.54) is 49.5 Å². The van der Waals surface area contributed by atoms with Gasteiger partial charge in [0, 0.05) is 13.1 Å². The zero-order valence-electron chi connectivity index (χ0n) is 15.5. The molecule has 8 heteroatoms. The second kappa shape index (κ2) is 8.27. The number of sulfonamides is 1. The molecule has 1 unspecified atom stereocenters. The van der Waals surface area contributed by atoms with E-state index in [1.807, 2.05) is 20.8 Å². The molecule has 0 aliphatic heterocycles. The normalized spacial score (nSPS) is 12.7. The topological polar surface area (TPSA) is 66.5 Å². The third-order valence-corrected chi connectivity index (χ3v) is 6.50. The maximum Gasteiger partial charge on any atom is 0.264 e. The van der Waals surface area contributed by atoms with Crippen molar-refractivity contribution in [3.05, 3.63) is 58.9 Å². The number of rotatable bonds is 6. The van der Waals surface area contributed by atoms with E-state index < -0.39 is 21.7 Å². The molecule has 0 bridgehead atoms. The SMILES string of the molecule is CC(C)C(C)NC(=O)c1cc(S(=O)(=O)N(C)c2ccc(F)cc2)ccc1Cl. The van der Waals surface area contributed by atoms with Crippen molar-refractivity contribution < 1.29 is 17.6 Å². The molecule has 0 heterocycles. The third kappa shape index (κ3) is 4.78. The Hall–Kier alpha value is -2.12. The minimum atomic E-state index is -3.95. The molecule has 0 saturated heterocycles. The Bertz CT molecular complexity index is 930. The number of nitrogens with one attached hydrogen (secondary N) is 1. The number of benzene rings is 2. The second-order valence-corrected chi connectivity index (χ2v) is 8.97. The first-order valence-corrected chi connectivity index (χ1v) is 10.2. The van der Waals surface area contributed by atoms with Crippen LogP contribution in [0.15, 0.2) is 47.4 Å². The van der Waals surface area contributed by atoms with Gasteiger partial charge < -0.3 is 5.32 Å². The molecule has 1 atom stereocenters. The number of amides is 1. The van der Waals surface area contributed by atoms with Gasteiger partial charge in [-0.15, -0.1) is 0 Å². The van der Waals surface area contributed by atoms with Gasteiger partial charge in [-0.2, -0.15) is 0 Å². The van der Waals surface area contributed by atoms with Crippen molar-refractivity contribution in [2.45, 2.75) is 31.7 Å². The van der Waals surface area contributed by atoms with E-state index in [0.29, 0.717) is 5.69 Å². The number of carbonyl (C=O) groups is 1. The molecule has 0 aliphatic rings. The Kier molecular flexibility index (Phi) is 6.49. The monoisotopic (exact) mass is 412 g/mol. The predicted molar refractivity (Wildman–Crippen MR) is 105 cm³/mol. The third-order valence-electron chi connectivity index (χ3n) is 4.39. The number of anilines is 1. The summed E-state index contributed by atoms with van der Waals surface area (Å²) < 4.78 is 39.9.